The number of rotatable bonds is 4. The van der Waals surface area contributed by atoms with Crippen molar-refractivity contribution >= 4 is 33.6 Å². The lowest BCUT2D eigenvalue weighted by Crippen LogP contribution is -2.47. The molecule has 0 bridgehead atoms. The van der Waals surface area contributed by atoms with E-state index in [0.717, 1.165) is 17.0 Å². The summed E-state index contributed by atoms with van der Waals surface area (Å²) in [5.41, 5.74) is -0.407. The fraction of sp³-hybridized carbons (Fsp3) is 0.333. The molecule has 0 aliphatic carbocycles. The van der Waals surface area contributed by atoms with E-state index in [-0.39, 0.29) is 6.54 Å². The zero-order valence-corrected chi connectivity index (χ0v) is 12.1. The van der Waals surface area contributed by atoms with Crippen LogP contribution < -0.4 is 10.6 Å². The number of hydrogen-bond acceptors (Lipinski definition) is 3. The van der Waals surface area contributed by atoms with Crippen molar-refractivity contribution in [2.24, 2.45) is 0 Å². The van der Waals surface area contributed by atoms with E-state index >= 15 is 0 Å². The van der Waals surface area contributed by atoms with Gasteiger partial charge in [0.2, 0.25) is 0 Å². The first-order valence-electron chi connectivity index (χ1n) is 5.49. The number of nitrogens with one attached hydrogen (secondary N) is 2. The van der Waals surface area contributed by atoms with Crippen LogP contribution in [0, 0.1) is 6.92 Å². The average Bonchev–Trinajstić information content (AvgIpc) is 2.31. The van der Waals surface area contributed by atoms with Gasteiger partial charge in [-0.05, 0) is 31.5 Å². The first-order valence-corrected chi connectivity index (χ1v) is 6.28. The Labute approximate surface area is 118 Å². The fourth-order valence-electron chi connectivity index (χ4n) is 1.17. The molecule has 1 atom stereocenters. The number of aryl methyl sites for hydroxylation is 1. The number of carbonyl (C=O) groups is 2. The molecule has 1 unspecified atom stereocenters. The van der Waals surface area contributed by atoms with Gasteiger partial charge in [0, 0.05) is 10.2 Å². The first kappa shape index (κ1) is 15.5. The molecule has 19 heavy (non-hydrogen) atoms. The topological polar surface area (TPSA) is 98.7 Å². The van der Waals surface area contributed by atoms with Gasteiger partial charge in [-0.1, -0.05) is 22.0 Å². The van der Waals surface area contributed by atoms with E-state index < -0.39 is 17.6 Å². The Kier molecular flexibility index (Phi) is 4.90. The van der Waals surface area contributed by atoms with Crippen molar-refractivity contribution in [3.05, 3.63) is 28.2 Å². The Bertz CT molecular complexity index is 503. The first-order chi connectivity index (χ1) is 8.72. The summed E-state index contributed by atoms with van der Waals surface area (Å²) in [6.45, 7) is 2.64. The summed E-state index contributed by atoms with van der Waals surface area (Å²) in [5.74, 6) is -1.40. The number of anilines is 1. The van der Waals surface area contributed by atoms with Crippen molar-refractivity contribution in [1.29, 1.82) is 0 Å². The zero-order valence-electron chi connectivity index (χ0n) is 10.5. The van der Waals surface area contributed by atoms with Crippen LogP contribution in [0.3, 0.4) is 0 Å². The van der Waals surface area contributed by atoms with Gasteiger partial charge in [-0.3, -0.25) is 0 Å². The minimum absolute atomic E-state index is 0.388. The highest BCUT2D eigenvalue weighted by atomic mass is 79.9. The minimum atomic E-state index is -1.99. The van der Waals surface area contributed by atoms with Crippen LogP contribution >= 0.6 is 15.9 Å². The number of urea groups is 1. The summed E-state index contributed by atoms with van der Waals surface area (Å²) in [4.78, 5) is 22.2. The van der Waals surface area contributed by atoms with Gasteiger partial charge in [0.1, 0.15) is 0 Å². The Morgan fingerprint density at radius 1 is 1.42 bits per heavy atom. The molecular weight excluding hydrogens is 316 g/mol. The van der Waals surface area contributed by atoms with Crippen molar-refractivity contribution in [1.82, 2.24) is 5.32 Å². The quantitative estimate of drug-likeness (QED) is 0.675. The van der Waals surface area contributed by atoms with Gasteiger partial charge >= 0.3 is 12.0 Å². The molecule has 1 rings (SSSR count). The van der Waals surface area contributed by atoms with Crippen LogP contribution in [-0.2, 0) is 4.79 Å². The van der Waals surface area contributed by atoms with E-state index in [9.17, 15) is 14.7 Å². The van der Waals surface area contributed by atoms with Gasteiger partial charge < -0.3 is 20.8 Å². The van der Waals surface area contributed by atoms with Gasteiger partial charge in [-0.25, -0.2) is 9.59 Å². The van der Waals surface area contributed by atoms with Crippen molar-refractivity contribution < 1.29 is 19.8 Å². The normalized spacial score (nSPS) is 13.5. The molecule has 0 saturated carbocycles. The lowest BCUT2D eigenvalue weighted by Gasteiger charge is -2.18. The lowest BCUT2D eigenvalue weighted by molar-refractivity contribution is -0.155. The number of amides is 2. The monoisotopic (exact) mass is 330 g/mol. The van der Waals surface area contributed by atoms with E-state index in [1.165, 1.54) is 0 Å². The Morgan fingerprint density at radius 2 is 2.05 bits per heavy atom. The van der Waals surface area contributed by atoms with Gasteiger partial charge in [0.25, 0.3) is 0 Å². The Hall–Kier alpha value is -1.60. The van der Waals surface area contributed by atoms with E-state index in [4.69, 9.17) is 5.11 Å². The number of carboxylic acids is 1. The summed E-state index contributed by atoms with van der Waals surface area (Å²) >= 11 is 3.34. The van der Waals surface area contributed by atoms with Crippen LogP contribution in [0.4, 0.5) is 10.5 Å². The Balaban J connectivity index is 2.56. The van der Waals surface area contributed by atoms with Crippen LogP contribution in [0.25, 0.3) is 0 Å². The number of aliphatic hydroxyl groups is 1. The molecule has 0 aromatic heterocycles. The summed E-state index contributed by atoms with van der Waals surface area (Å²) in [5, 5.41) is 22.9. The van der Waals surface area contributed by atoms with Crippen molar-refractivity contribution in [3.8, 4) is 0 Å². The predicted octanol–water partition coefficient (Wildman–Crippen LogP) is 1.71. The number of carboxylic acid groups (broad SMARTS) is 1. The molecule has 0 heterocycles. The number of halogens is 1. The minimum Gasteiger partial charge on any atom is -0.479 e. The second kappa shape index (κ2) is 6.03. The van der Waals surface area contributed by atoms with Crippen LogP contribution in [0.5, 0.6) is 0 Å². The Morgan fingerprint density at radius 3 is 2.58 bits per heavy atom. The van der Waals surface area contributed by atoms with Crippen LogP contribution in [0.2, 0.25) is 0 Å². The largest absolute Gasteiger partial charge is 0.479 e. The molecule has 2 amide bonds. The predicted molar refractivity (Wildman–Crippen MR) is 74.2 cm³/mol. The van der Waals surface area contributed by atoms with E-state index in [2.05, 4.69) is 26.6 Å². The maximum atomic E-state index is 11.5. The van der Waals surface area contributed by atoms with Crippen molar-refractivity contribution in [2.75, 3.05) is 11.9 Å². The van der Waals surface area contributed by atoms with Crippen LogP contribution in [0.15, 0.2) is 22.7 Å². The van der Waals surface area contributed by atoms with Crippen molar-refractivity contribution in [2.45, 2.75) is 19.4 Å². The van der Waals surface area contributed by atoms with E-state index in [0.29, 0.717) is 5.69 Å². The fourth-order valence-corrected chi connectivity index (χ4v) is 1.55. The highest BCUT2D eigenvalue weighted by Crippen LogP contribution is 2.20. The van der Waals surface area contributed by atoms with Crippen LogP contribution in [-0.4, -0.2) is 34.4 Å². The molecule has 0 radical (unpaired) electrons. The third-order valence-electron chi connectivity index (χ3n) is 2.48. The molecule has 0 aliphatic rings. The lowest BCUT2D eigenvalue weighted by atomic mass is 10.1. The molecule has 6 nitrogen and oxygen atoms in total. The molecule has 1 aromatic carbocycles. The van der Waals surface area contributed by atoms with E-state index in [1.54, 1.807) is 12.1 Å². The summed E-state index contributed by atoms with van der Waals surface area (Å²) in [6.07, 6.45) is 0. The molecule has 7 heteroatoms. The van der Waals surface area contributed by atoms with Gasteiger partial charge in [-0.15, -0.1) is 0 Å². The van der Waals surface area contributed by atoms with Crippen LogP contribution in [0.1, 0.15) is 12.5 Å². The summed E-state index contributed by atoms with van der Waals surface area (Å²) < 4.78 is 0.850. The van der Waals surface area contributed by atoms with Crippen molar-refractivity contribution in [3.63, 3.8) is 0 Å². The maximum absolute atomic E-state index is 11.5. The molecule has 4 N–H and O–H groups in total. The number of hydrogen-bond donors (Lipinski definition) is 4. The molecule has 0 saturated heterocycles. The third kappa shape index (κ3) is 4.53. The maximum Gasteiger partial charge on any atom is 0.337 e. The molecule has 0 fully saturated rings. The third-order valence-corrected chi connectivity index (χ3v) is 3.34. The summed E-state index contributed by atoms with van der Waals surface area (Å²) in [7, 11) is 0. The number of carbonyl (C=O) groups excluding carboxylic acids is 1. The number of aliphatic carboxylic acids is 1. The summed E-state index contributed by atoms with van der Waals surface area (Å²) in [6, 6.07) is 4.68. The average molecular weight is 331 g/mol. The molecule has 0 spiro atoms. The number of benzene rings is 1. The molecular formula is C12H15BrN2O4. The van der Waals surface area contributed by atoms with Gasteiger partial charge in [0.05, 0.1) is 6.54 Å². The highest BCUT2D eigenvalue weighted by molar-refractivity contribution is 9.10. The second-order valence-corrected chi connectivity index (χ2v) is 5.20. The molecule has 1 aromatic rings. The van der Waals surface area contributed by atoms with E-state index in [1.807, 2.05) is 13.0 Å². The SMILES string of the molecule is Cc1ccc(NC(=O)NCC(C)(O)C(=O)O)cc1Br. The molecule has 104 valence electrons. The standard InChI is InChI=1S/C12H15BrN2O4/c1-7-3-4-8(5-9(7)13)15-11(18)14-6-12(2,19)10(16)17/h3-5,19H,6H2,1-2H3,(H,16,17)(H2,14,15,18). The van der Waals surface area contributed by atoms with Gasteiger partial charge in [-0.2, -0.15) is 0 Å². The highest BCUT2D eigenvalue weighted by Gasteiger charge is 2.30. The zero-order chi connectivity index (χ0) is 14.6. The smallest absolute Gasteiger partial charge is 0.337 e. The molecule has 0 aliphatic heterocycles. The van der Waals surface area contributed by atoms with Gasteiger partial charge in [0.15, 0.2) is 5.60 Å². The second-order valence-electron chi connectivity index (χ2n) is 4.35.